The second kappa shape index (κ2) is 7.02. The van der Waals surface area contributed by atoms with E-state index in [-0.39, 0.29) is 6.04 Å². The van der Waals surface area contributed by atoms with Gasteiger partial charge in [0, 0.05) is 18.4 Å². The lowest BCUT2D eigenvalue weighted by atomic mass is 10.00. The van der Waals surface area contributed by atoms with Crippen molar-refractivity contribution in [2.75, 3.05) is 0 Å². The first-order chi connectivity index (χ1) is 9.28. The Labute approximate surface area is 114 Å². The molecule has 0 spiro atoms. The van der Waals surface area contributed by atoms with Crippen LogP contribution in [-0.2, 0) is 12.8 Å². The monoisotopic (exact) mass is 255 g/mol. The largest absolute Gasteiger partial charge is 0.271 e. The molecule has 1 heterocycles. The van der Waals surface area contributed by atoms with Crippen LogP contribution in [0.4, 0.5) is 0 Å². The standard InChI is InChI=1S/C16H21N3/c1-13-4-6-14(7-5-13)8-9-16(19-17)11-15-3-2-10-18-12-15/h2-7,10,12,16,19H,8-9,11,17H2,1H3. The van der Waals surface area contributed by atoms with Gasteiger partial charge in [0.2, 0.25) is 0 Å². The van der Waals surface area contributed by atoms with E-state index in [0.717, 1.165) is 19.3 Å². The number of hydrogen-bond acceptors (Lipinski definition) is 3. The van der Waals surface area contributed by atoms with Gasteiger partial charge in [0.05, 0.1) is 0 Å². The maximum absolute atomic E-state index is 5.64. The number of aromatic nitrogens is 1. The minimum Gasteiger partial charge on any atom is -0.271 e. The molecular formula is C16H21N3. The van der Waals surface area contributed by atoms with Gasteiger partial charge in [-0.15, -0.1) is 0 Å². The van der Waals surface area contributed by atoms with Crippen LogP contribution in [-0.4, -0.2) is 11.0 Å². The van der Waals surface area contributed by atoms with E-state index in [4.69, 9.17) is 5.84 Å². The average Bonchev–Trinajstić information content (AvgIpc) is 2.46. The first-order valence-corrected chi connectivity index (χ1v) is 6.68. The Morgan fingerprint density at radius 1 is 1.16 bits per heavy atom. The second-order valence-electron chi connectivity index (χ2n) is 4.95. The molecule has 3 N–H and O–H groups in total. The van der Waals surface area contributed by atoms with Gasteiger partial charge in [-0.3, -0.25) is 16.3 Å². The normalized spacial score (nSPS) is 12.3. The van der Waals surface area contributed by atoms with Gasteiger partial charge in [-0.05, 0) is 43.4 Å². The first-order valence-electron chi connectivity index (χ1n) is 6.68. The fourth-order valence-corrected chi connectivity index (χ4v) is 2.14. The first kappa shape index (κ1) is 13.7. The zero-order chi connectivity index (χ0) is 13.5. The number of rotatable bonds is 6. The summed E-state index contributed by atoms with van der Waals surface area (Å²) in [5.74, 6) is 5.64. The van der Waals surface area contributed by atoms with Crippen LogP contribution in [0, 0.1) is 6.92 Å². The molecule has 2 aromatic rings. The predicted molar refractivity (Wildman–Crippen MR) is 78.6 cm³/mol. The van der Waals surface area contributed by atoms with Crippen LogP contribution in [0.15, 0.2) is 48.8 Å². The Balaban J connectivity index is 1.87. The van der Waals surface area contributed by atoms with Crippen molar-refractivity contribution in [2.24, 2.45) is 5.84 Å². The zero-order valence-electron chi connectivity index (χ0n) is 11.3. The second-order valence-corrected chi connectivity index (χ2v) is 4.95. The maximum Gasteiger partial charge on any atom is 0.0300 e. The molecule has 100 valence electrons. The van der Waals surface area contributed by atoms with Crippen LogP contribution in [0.2, 0.25) is 0 Å². The van der Waals surface area contributed by atoms with Crippen molar-refractivity contribution in [3.05, 3.63) is 65.5 Å². The molecule has 3 nitrogen and oxygen atoms in total. The van der Waals surface area contributed by atoms with E-state index >= 15 is 0 Å². The van der Waals surface area contributed by atoms with Crippen LogP contribution < -0.4 is 11.3 Å². The molecule has 19 heavy (non-hydrogen) atoms. The Morgan fingerprint density at radius 2 is 1.95 bits per heavy atom. The summed E-state index contributed by atoms with van der Waals surface area (Å²) >= 11 is 0. The van der Waals surface area contributed by atoms with Gasteiger partial charge in [-0.2, -0.15) is 0 Å². The number of nitrogens with zero attached hydrogens (tertiary/aromatic N) is 1. The molecule has 3 heteroatoms. The number of aryl methyl sites for hydroxylation is 2. The molecule has 0 fully saturated rings. The summed E-state index contributed by atoms with van der Waals surface area (Å²) in [6.45, 7) is 2.11. The van der Waals surface area contributed by atoms with Crippen LogP contribution >= 0.6 is 0 Å². The van der Waals surface area contributed by atoms with Crippen molar-refractivity contribution < 1.29 is 0 Å². The van der Waals surface area contributed by atoms with E-state index in [1.165, 1.54) is 16.7 Å². The van der Waals surface area contributed by atoms with Gasteiger partial charge in [0.25, 0.3) is 0 Å². The number of benzene rings is 1. The number of hydrazine groups is 1. The Bertz CT molecular complexity index is 479. The third-order valence-corrected chi connectivity index (χ3v) is 3.34. The van der Waals surface area contributed by atoms with E-state index in [2.05, 4.69) is 47.7 Å². The highest BCUT2D eigenvalue weighted by Crippen LogP contribution is 2.10. The molecule has 0 aliphatic carbocycles. The Kier molecular flexibility index (Phi) is 5.07. The smallest absolute Gasteiger partial charge is 0.0300 e. The third-order valence-electron chi connectivity index (χ3n) is 3.34. The minimum atomic E-state index is 0.283. The fourth-order valence-electron chi connectivity index (χ4n) is 2.14. The molecule has 0 aliphatic rings. The van der Waals surface area contributed by atoms with E-state index in [1.807, 2.05) is 12.3 Å². The fraction of sp³-hybridized carbons (Fsp3) is 0.312. The summed E-state index contributed by atoms with van der Waals surface area (Å²) < 4.78 is 0. The lowest BCUT2D eigenvalue weighted by molar-refractivity contribution is 0.491. The highest BCUT2D eigenvalue weighted by atomic mass is 15.2. The molecular weight excluding hydrogens is 234 g/mol. The van der Waals surface area contributed by atoms with E-state index in [1.54, 1.807) is 6.20 Å². The van der Waals surface area contributed by atoms with Crippen molar-refractivity contribution in [1.82, 2.24) is 10.4 Å². The number of nitrogens with one attached hydrogen (secondary N) is 1. The van der Waals surface area contributed by atoms with Gasteiger partial charge >= 0.3 is 0 Å². The van der Waals surface area contributed by atoms with E-state index in [9.17, 15) is 0 Å². The van der Waals surface area contributed by atoms with Crippen LogP contribution in [0.5, 0.6) is 0 Å². The van der Waals surface area contributed by atoms with Gasteiger partial charge in [-0.1, -0.05) is 35.9 Å². The van der Waals surface area contributed by atoms with Gasteiger partial charge in [-0.25, -0.2) is 0 Å². The van der Waals surface area contributed by atoms with Crippen LogP contribution in [0.1, 0.15) is 23.1 Å². The SMILES string of the molecule is Cc1ccc(CCC(Cc2cccnc2)NN)cc1. The molecule has 2 rings (SSSR count). The summed E-state index contributed by atoms with van der Waals surface area (Å²) in [7, 11) is 0. The highest BCUT2D eigenvalue weighted by molar-refractivity contribution is 5.21. The summed E-state index contributed by atoms with van der Waals surface area (Å²) in [6, 6.07) is 13.0. The van der Waals surface area contributed by atoms with Gasteiger partial charge in [0.15, 0.2) is 0 Å². The minimum absolute atomic E-state index is 0.283. The van der Waals surface area contributed by atoms with Gasteiger partial charge in [0.1, 0.15) is 0 Å². The summed E-state index contributed by atoms with van der Waals surface area (Å²) in [5.41, 5.74) is 6.78. The molecule has 0 aliphatic heterocycles. The molecule has 0 saturated carbocycles. The Morgan fingerprint density at radius 3 is 2.58 bits per heavy atom. The quantitative estimate of drug-likeness (QED) is 0.615. The van der Waals surface area contributed by atoms with Crippen LogP contribution in [0.3, 0.4) is 0 Å². The topological polar surface area (TPSA) is 50.9 Å². The highest BCUT2D eigenvalue weighted by Gasteiger charge is 2.08. The molecule has 0 radical (unpaired) electrons. The van der Waals surface area contributed by atoms with Crippen molar-refractivity contribution in [1.29, 1.82) is 0 Å². The number of nitrogens with two attached hydrogens (primary N) is 1. The molecule has 0 amide bonds. The Hall–Kier alpha value is -1.71. The molecule has 1 aromatic heterocycles. The number of pyridine rings is 1. The summed E-state index contributed by atoms with van der Waals surface area (Å²) in [5, 5.41) is 0. The third kappa shape index (κ3) is 4.47. The number of hydrogen-bond donors (Lipinski definition) is 2. The zero-order valence-corrected chi connectivity index (χ0v) is 11.3. The van der Waals surface area contributed by atoms with Crippen molar-refractivity contribution in [3.63, 3.8) is 0 Å². The van der Waals surface area contributed by atoms with Crippen molar-refractivity contribution in [2.45, 2.75) is 32.2 Å². The average molecular weight is 255 g/mol. The predicted octanol–water partition coefficient (Wildman–Crippen LogP) is 2.40. The molecule has 1 atom stereocenters. The summed E-state index contributed by atoms with van der Waals surface area (Å²) in [6.07, 6.45) is 6.66. The van der Waals surface area contributed by atoms with Crippen molar-refractivity contribution in [3.8, 4) is 0 Å². The summed E-state index contributed by atoms with van der Waals surface area (Å²) in [4.78, 5) is 4.13. The molecule has 1 aromatic carbocycles. The molecule has 0 bridgehead atoms. The van der Waals surface area contributed by atoms with E-state index < -0.39 is 0 Å². The maximum atomic E-state index is 5.64. The van der Waals surface area contributed by atoms with Crippen LogP contribution in [0.25, 0.3) is 0 Å². The van der Waals surface area contributed by atoms with Crippen molar-refractivity contribution >= 4 is 0 Å². The van der Waals surface area contributed by atoms with E-state index in [0.29, 0.717) is 0 Å². The molecule has 0 saturated heterocycles. The molecule has 1 unspecified atom stereocenters. The van der Waals surface area contributed by atoms with Gasteiger partial charge < -0.3 is 0 Å². The lowest BCUT2D eigenvalue weighted by Gasteiger charge is -2.15. The lowest BCUT2D eigenvalue weighted by Crippen LogP contribution is -2.37.